The van der Waals surface area contributed by atoms with Crippen LogP contribution in [0.1, 0.15) is 71.3 Å². The lowest BCUT2D eigenvalue weighted by Crippen LogP contribution is -2.52. The molecule has 2 aliphatic rings. The summed E-state index contributed by atoms with van der Waals surface area (Å²) in [6.45, 7) is 0.145. The van der Waals surface area contributed by atoms with Crippen molar-refractivity contribution < 1.29 is 45.4 Å². The van der Waals surface area contributed by atoms with Gasteiger partial charge in [0.2, 0.25) is 5.91 Å². The molecule has 1 saturated heterocycles. The minimum absolute atomic E-state index is 0.0867. The van der Waals surface area contributed by atoms with E-state index in [0.717, 1.165) is 24.3 Å². The molecule has 2 N–H and O–H groups in total. The van der Waals surface area contributed by atoms with Crippen LogP contribution in [0.4, 0.5) is 30.7 Å². The maximum Gasteiger partial charge on any atom is 0.418 e. The van der Waals surface area contributed by atoms with Crippen LogP contribution in [0.15, 0.2) is 42.5 Å². The molecule has 4 rings (SSSR count). The standard InChI is InChI=1S/C26H25F7N2O3/c27-19-13-17(25(28,29)30)9-10-18(19)21(14-7-8-14)34-23(37)20-6-1-2-11-35(20)24(38)16-5-3-4-15(12-16)22(36)26(31,32)33/h3-5,9-10,12-14,20-22,36H,1-2,6-8,11H2,(H,34,37)/t20-,21?,22?/m1/s1. The lowest BCUT2D eigenvalue weighted by molar-refractivity contribution is -0.206. The molecule has 0 aromatic heterocycles. The van der Waals surface area contributed by atoms with Gasteiger partial charge in [0.15, 0.2) is 6.10 Å². The second-order valence-corrected chi connectivity index (χ2v) is 9.64. The SMILES string of the molecule is O=C(NC(c1ccc(C(F)(F)F)cc1F)C1CC1)[C@H]1CCCCN1C(=O)c1cccc(C(O)C(F)(F)F)c1. The average Bonchev–Trinajstić information content (AvgIpc) is 3.71. The topological polar surface area (TPSA) is 69.6 Å². The first-order valence-electron chi connectivity index (χ1n) is 12.1. The lowest BCUT2D eigenvalue weighted by Gasteiger charge is -2.36. The van der Waals surface area contributed by atoms with Gasteiger partial charge in [0.1, 0.15) is 11.9 Å². The van der Waals surface area contributed by atoms with E-state index in [1.807, 2.05) is 0 Å². The van der Waals surface area contributed by atoms with E-state index in [1.54, 1.807) is 0 Å². The molecule has 38 heavy (non-hydrogen) atoms. The highest BCUT2D eigenvalue weighted by molar-refractivity contribution is 5.98. The van der Waals surface area contributed by atoms with E-state index in [2.05, 4.69) is 5.32 Å². The molecule has 1 saturated carbocycles. The molecule has 12 heteroatoms. The molecule has 2 amide bonds. The van der Waals surface area contributed by atoms with Crippen LogP contribution in [0.25, 0.3) is 0 Å². The maximum absolute atomic E-state index is 14.7. The number of aliphatic hydroxyl groups excluding tert-OH is 1. The molecule has 3 atom stereocenters. The van der Waals surface area contributed by atoms with Crippen molar-refractivity contribution >= 4 is 11.8 Å². The normalized spacial score (nSPS) is 20.1. The number of nitrogens with zero attached hydrogens (tertiary/aromatic N) is 1. The molecule has 2 fully saturated rings. The molecule has 1 aliphatic heterocycles. The Labute approximate surface area is 213 Å². The first-order valence-corrected chi connectivity index (χ1v) is 12.1. The van der Waals surface area contributed by atoms with E-state index in [-0.39, 0.29) is 30.0 Å². The molecular weight excluding hydrogens is 521 g/mol. The van der Waals surface area contributed by atoms with Gasteiger partial charge in [0.25, 0.3) is 5.91 Å². The number of carbonyl (C=O) groups is 2. The summed E-state index contributed by atoms with van der Waals surface area (Å²) >= 11 is 0. The van der Waals surface area contributed by atoms with Crippen molar-refractivity contribution in [3.63, 3.8) is 0 Å². The first-order chi connectivity index (χ1) is 17.8. The minimum atomic E-state index is -4.93. The molecule has 0 radical (unpaired) electrons. The first kappa shape index (κ1) is 27.9. The molecule has 2 aromatic rings. The Morgan fingerprint density at radius 2 is 1.68 bits per heavy atom. The lowest BCUT2D eigenvalue weighted by atomic mass is 9.96. The summed E-state index contributed by atoms with van der Waals surface area (Å²) in [5.74, 6) is -2.61. The monoisotopic (exact) mass is 546 g/mol. The predicted molar refractivity (Wildman–Crippen MR) is 121 cm³/mol. The van der Waals surface area contributed by atoms with Gasteiger partial charge in [-0.3, -0.25) is 9.59 Å². The predicted octanol–water partition coefficient (Wildman–Crippen LogP) is 5.70. The number of amides is 2. The van der Waals surface area contributed by atoms with Crippen molar-refractivity contribution in [2.24, 2.45) is 5.92 Å². The number of nitrogens with one attached hydrogen (secondary N) is 1. The highest BCUT2D eigenvalue weighted by Gasteiger charge is 2.41. The van der Waals surface area contributed by atoms with Crippen molar-refractivity contribution in [2.45, 2.75) is 62.6 Å². The second kappa shape index (κ2) is 10.5. The highest BCUT2D eigenvalue weighted by atomic mass is 19.4. The average molecular weight is 546 g/mol. The number of likely N-dealkylation sites (tertiary alicyclic amines) is 1. The summed E-state index contributed by atoms with van der Waals surface area (Å²) in [5.41, 5.74) is -1.90. The Bertz CT molecular complexity index is 1190. The van der Waals surface area contributed by atoms with Gasteiger partial charge in [0.05, 0.1) is 11.6 Å². The van der Waals surface area contributed by atoms with E-state index in [0.29, 0.717) is 31.7 Å². The third kappa shape index (κ3) is 6.11. The van der Waals surface area contributed by atoms with Crippen LogP contribution in [0.5, 0.6) is 0 Å². The summed E-state index contributed by atoms with van der Waals surface area (Å²) in [6, 6.07) is 4.68. The van der Waals surface area contributed by atoms with Gasteiger partial charge in [0, 0.05) is 17.7 Å². The van der Waals surface area contributed by atoms with E-state index >= 15 is 0 Å². The highest BCUT2D eigenvalue weighted by Crippen LogP contribution is 2.43. The summed E-state index contributed by atoms with van der Waals surface area (Å²) < 4.78 is 92.5. The van der Waals surface area contributed by atoms with Gasteiger partial charge in [-0.2, -0.15) is 26.3 Å². The minimum Gasteiger partial charge on any atom is -0.379 e. The number of hydrogen-bond acceptors (Lipinski definition) is 3. The fourth-order valence-corrected chi connectivity index (χ4v) is 4.73. The zero-order valence-corrected chi connectivity index (χ0v) is 20.0. The van der Waals surface area contributed by atoms with Crippen molar-refractivity contribution in [1.29, 1.82) is 0 Å². The Balaban J connectivity index is 1.55. The molecule has 0 spiro atoms. The Kier molecular flexibility index (Phi) is 7.74. The molecule has 1 aliphatic carbocycles. The van der Waals surface area contributed by atoms with Crippen molar-refractivity contribution in [1.82, 2.24) is 10.2 Å². The summed E-state index contributed by atoms with van der Waals surface area (Å²) in [5, 5.41) is 12.3. The van der Waals surface area contributed by atoms with Gasteiger partial charge in [-0.1, -0.05) is 18.2 Å². The fraction of sp³-hybridized carbons (Fsp3) is 0.462. The van der Waals surface area contributed by atoms with Crippen LogP contribution in [0.3, 0.4) is 0 Å². The number of hydrogen-bond donors (Lipinski definition) is 2. The summed E-state index contributed by atoms with van der Waals surface area (Å²) in [6.07, 6.45) is -9.81. The number of piperidine rings is 1. The molecule has 2 aromatic carbocycles. The molecule has 0 bridgehead atoms. The van der Waals surface area contributed by atoms with E-state index < -0.39 is 59.3 Å². The van der Waals surface area contributed by atoms with Crippen LogP contribution in [0.2, 0.25) is 0 Å². The van der Waals surface area contributed by atoms with Crippen LogP contribution in [-0.4, -0.2) is 40.6 Å². The van der Waals surface area contributed by atoms with Crippen LogP contribution < -0.4 is 5.32 Å². The molecule has 1 heterocycles. The van der Waals surface area contributed by atoms with Crippen molar-refractivity contribution in [3.8, 4) is 0 Å². The number of halogens is 7. The third-order valence-corrected chi connectivity index (χ3v) is 6.88. The van der Waals surface area contributed by atoms with Gasteiger partial charge < -0.3 is 15.3 Å². The van der Waals surface area contributed by atoms with Gasteiger partial charge in [-0.05, 0) is 67.9 Å². The van der Waals surface area contributed by atoms with Gasteiger partial charge in [-0.15, -0.1) is 0 Å². The Hall–Kier alpha value is -3.15. The largest absolute Gasteiger partial charge is 0.418 e. The summed E-state index contributed by atoms with van der Waals surface area (Å²) in [4.78, 5) is 27.8. The summed E-state index contributed by atoms with van der Waals surface area (Å²) in [7, 11) is 0. The fourth-order valence-electron chi connectivity index (χ4n) is 4.73. The molecule has 5 nitrogen and oxygen atoms in total. The molecule has 2 unspecified atom stereocenters. The van der Waals surface area contributed by atoms with Crippen LogP contribution in [0, 0.1) is 11.7 Å². The van der Waals surface area contributed by atoms with Crippen molar-refractivity contribution in [2.75, 3.05) is 6.54 Å². The zero-order chi connectivity index (χ0) is 27.8. The zero-order valence-electron chi connectivity index (χ0n) is 20.0. The van der Waals surface area contributed by atoms with Gasteiger partial charge >= 0.3 is 12.4 Å². The second-order valence-electron chi connectivity index (χ2n) is 9.64. The number of benzene rings is 2. The number of aliphatic hydroxyl groups is 1. The Morgan fingerprint density at radius 1 is 0.974 bits per heavy atom. The quantitative estimate of drug-likeness (QED) is 0.457. The van der Waals surface area contributed by atoms with E-state index in [9.17, 15) is 45.4 Å². The Morgan fingerprint density at radius 3 is 2.29 bits per heavy atom. The number of alkyl halides is 6. The van der Waals surface area contributed by atoms with Crippen LogP contribution in [-0.2, 0) is 11.0 Å². The maximum atomic E-state index is 14.7. The van der Waals surface area contributed by atoms with Gasteiger partial charge in [-0.25, -0.2) is 4.39 Å². The molecule has 206 valence electrons. The number of carbonyl (C=O) groups excluding carboxylic acids is 2. The van der Waals surface area contributed by atoms with Crippen LogP contribution >= 0.6 is 0 Å². The number of rotatable bonds is 6. The smallest absolute Gasteiger partial charge is 0.379 e. The van der Waals surface area contributed by atoms with E-state index in [4.69, 9.17) is 0 Å². The molecular formula is C26H25F7N2O3. The third-order valence-electron chi connectivity index (χ3n) is 6.88. The van der Waals surface area contributed by atoms with Crippen molar-refractivity contribution in [3.05, 3.63) is 70.5 Å². The van der Waals surface area contributed by atoms with E-state index in [1.165, 1.54) is 17.0 Å².